The monoisotopic (exact) mass is 1090 g/mol. The van der Waals surface area contributed by atoms with E-state index in [1.807, 2.05) is 4.90 Å². The summed E-state index contributed by atoms with van der Waals surface area (Å²) in [5, 5.41) is 99.3. The molecule has 68 heavy (non-hydrogen) atoms. The van der Waals surface area contributed by atoms with Crippen LogP contribution in [0, 0.1) is 0 Å². The van der Waals surface area contributed by atoms with E-state index in [0.717, 1.165) is 37.3 Å². The summed E-state index contributed by atoms with van der Waals surface area (Å²) >= 11 is 10.9. The number of rotatable bonds is 32. The van der Waals surface area contributed by atoms with Gasteiger partial charge in [-0.3, -0.25) is 19.3 Å². The van der Waals surface area contributed by atoms with E-state index in [0.29, 0.717) is 69.7 Å². The average Bonchev–Trinajstić information content (AvgIpc) is 3.34. The van der Waals surface area contributed by atoms with E-state index >= 15 is 0 Å². The van der Waals surface area contributed by atoms with Crippen LogP contribution < -0.4 is 21.1 Å². The number of benzene rings is 1. The van der Waals surface area contributed by atoms with Gasteiger partial charge in [-0.15, -0.1) is 0 Å². The summed E-state index contributed by atoms with van der Waals surface area (Å²) in [4.78, 5) is 45.5. The Kier molecular flexibility index (Phi) is 32.5. The van der Waals surface area contributed by atoms with Crippen LogP contribution in [-0.2, 0) is 82.7 Å². The zero-order valence-corrected chi connectivity index (χ0v) is 41.5. The van der Waals surface area contributed by atoms with E-state index in [1.54, 1.807) is 24.3 Å². The fourth-order valence-electron chi connectivity index (χ4n) is 7.18. The molecule has 3 amide bonds. The Morgan fingerprint density at radius 3 is 1.75 bits per heavy atom. The molecule has 11 atom stereocenters. The summed E-state index contributed by atoms with van der Waals surface area (Å²) in [7, 11) is 0. The van der Waals surface area contributed by atoms with Gasteiger partial charge in [-0.05, 0) is 62.2 Å². The second-order valence-corrected chi connectivity index (χ2v) is 17.1. The predicted octanol–water partition coefficient (Wildman–Crippen LogP) is -3.92. The minimum atomic E-state index is -1.53. The third-order valence-corrected chi connectivity index (χ3v) is 11.4. The number of amides is 3. The number of aliphatic imine (C=N–C) groups is 1. The van der Waals surface area contributed by atoms with Crippen molar-refractivity contribution in [2.24, 2.45) is 4.99 Å². The molecule has 2 aliphatic rings. The first-order chi connectivity index (χ1) is 32.7. The molecule has 0 aliphatic carbocycles. The van der Waals surface area contributed by atoms with Crippen LogP contribution in [0.5, 0.6) is 0 Å². The minimum absolute atomic E-state index is 0.0205. The number of carbonyl (C=O) groups excluding carboxylic acids is 3. The van der Waals surface area contributed by atoms with Crippen molar-refractivity contribution in [3.8, 4) is 0 Å². The molecule has 0 radical (unpaired) electrons. The average molecular weight is 1090 g/mol. The maximum atomic E-state index is 13.4. The maximum absolute atomic E-state index is 13.4. The molecule has 0 saturated carbocycles. The van der Waals surface area contributed by atoms with Crippen LogP contribution in [0.4, 0.5) is 0 Å². The van der Waals surface area contributed by atoms with E-state index in [4.69, 9.17) is 47.7 Å². The molecule has 1 aromatic carbocycles. The number of aliphatic hydroxyl groups is 8. The van der Waals surface area contributed by atoms with Crippen molar-refractivity contribution in [3.05, 3.63) is 35.4 Å². The number of hydrogen-bond acceptors (Lipinski definition) is 21. The molecule has 2 heterocycles. The van der Waals surface area contributed by atoms with Crippen LogP contribution in [0.15, 0.2) is 29.3 Å². The van der Waals surface area contributed by atoms with Gasteiger partial charge in [0.25, 0.3) is 5.91 Å². The number of unbranched alkanes of at least 4 members (excludes halogenated alkanes) is 6. The third kappa shape index (κ3) is 22.4. The molecule has 11 N–H and O–H groups in total. The SMILES string of the molecule is O=C(CCC(NC(=O)c1ccc(CN(CC[S-])CC([O-])=NCC[S-])cc1)C(=O)NCCCCCCO[C@@H]1O[C@H](CO)[C@H](O)[C@H](O)[C@H]1O)NCCCCCCO[C@@H]1O[C@H](CO)[C@H](O)[C@H](O)[C@H]1O.[O]=[99Tc+3]. The summed E-state index contributed by atoms with van der Waals surface area (Å²) in [5.74, 6) is -0.802. The molecule has 3 rings (SSSR count). The summed E-state index contributed by atoms with van der Waals surface area (Å²) < 4.78 is 29.9. The molecule has 0 spiro atoms. The van der Waals surface area contributed by atoms with Crippen molar-refractivity contribution in [2.45, 2.75) is 138 Å². The standard InChI is InChI=1S/C43H73N5O16S2.O.Tc/c49-25-30-34(53)36(55)38(57)42(63-30)61-19-7-3-1-5-15-44-32(51)14-13-29(41(60)46-16-6-2-4-8-20-62-43-39(58)37(56)35(54)31(26-50)64-43)47-40(59)28-11-9-27(10-12-28)23-48(18-22-66)24-33(52)45-17-21-65;;/h9-12,29-31,34-39,42-43,49-50,53-58,65-66H,1-8,13-26H2,(H,44,51)(H,45,52)(H,46,60)(H,47,59);;/q;;+3/p-3/t29?,30-,31-,34+,35+,36+,37+,38-,39-,42-,43-;;/m1../s1/i;;1+1. The molecule has 2 saturated heterocycles. The molecule has 0 bridgehead atoms. The molecule has 22 nitrogen and oxygen atoms in total. The molecule has 388 valence electrons. The predicted molar refractivity (Wildman–Crippen MR) is 242 cm³/mol. The van der Waals surface area contributed by atoms with Gasteiger partial charge in [0.2, 0.25) is 11.8 Å². The van der Waals surface area contributed by atoms with Gasteiger partial charge in [0.1, 0.15) is 54.9 Å². The van der Waals surface area contributed by atoms with Crippen LogP contribution >= 0.6 is 0 Å². The first kappa shape index (κ1) is 61.8. The number of carbonyl (C=O) groups is 3. The van der Waals surface area contributed by atoms with Gasteiger partial charge in [0.15, 0.2) is 12.6 Å². The summed E-state index contributed by atoms with van der Waals surface area (Å²) in [6.07, 6.45) is -8.27. The fraction of sp³-hybridized carbons (Fsp3) is 0.767. The van der Waals surface area contributed by atoms with Crippen LogP contribution in [0.25, 0.3) is 0 Å². The number of nitrogens with zero attached hydrogens (tertiary/aromatic N) is 2. The Hall–Kier alpha value is -2.27. The molecular formula is C43H70N5O17S2Tc. The van der Waals surface area contributed by atoms with Crippen LogP contribution in [-0.4, -0.2) is 207 Å². The summed E-state index contributed by atoms with van der Waals surface area (Å²) in [6, 6.07) is 5.70. The second-order valence-electron chi connectivity index (χ2n) is 16.3. The van der Waals surface area contributed by atoms with Gasteiger partial charge in [-0.1, -0.05) is 37.8 Å². The van der Waals surface area contributed by atoms with Crippen molar-refractivity contribution < 1.29 is 102 Å². The molecular weight excluding hydrogens is 1020 g/mol. The summed E-state index contributed by atoms with van der Waals surface area (Å²) in [5.41, 5.74) is 1.12. The van der Waals surface area contributed by atoms with E-state index in [1.165, 1.54) is 0 Å². The van der Waals surface area contributed by atoms with Crippen LogP contribution in [0.1, 0.15) is 80.1 Å². The Labute approximate surface area is 418 Å². The van der Waals surface area contributed by atoms with Crippen molar-refractivity contribution in [2.75, 3.05) is 70.7 Å². The molecule has 2 fully saturated rings. The second kappa shape index (κ2) is 35.8. The Morgan fingerprint density at radius 1 is 0.735 bits per heavy atom. The van der Waals surface area contributed by atoms with Gasteiger partial charge in [-0.25, -0.2) is 0 Å². The number of nitrogens with one attached hydrogen (secondary N) is 3. The fourth-order valence-corrected chi connectivity index (χ4v) is 7.53. The number of hydrogen-bond donors (Lipinski definition) is 11. The van der Waals surface area contributed by atoms with Crippen LogP contribution in [0.2, 0.25) is 0 Å². The normalized spacial score (nSPS) is 25.5. The van der Waals surface area contributed by atoms with Gasteiger partial charge < -0.3 is 111 Å². The Bertz CT molecular complexity index is 1600. The van der Waals surface area contributed by atoms with E-state index in [2.05, 4.69) is 20.9 Å². The molecule has 1 aromatic rings. The Morgan fingerprint density at radius 2 is 1.25 bits per heavy atom. The van der Waals surface area contributed by atoms with Crippen molar-refractivity contribution in [1.82, 2.24) is 20.9 Å². The van der Waals surface area contributed by atoms with Gasteiger partial charge in [0.05, 0.1) is 13.2 Å². The number of aliphatic hydroxyl groups excluding tert-OH is 8. The molecule has 2 aliphatic heterocycles. The summed E-state index contributed by atoms with van der Waals surface area (Å²) in [6.45, 7) is 1.18. The number of ether oxygens (including phenoxy) is 4. The molecule has 1 unspecified atom stereocenters. The quantitative estimate of drug-likeness (QED) is 0.0142. The van der Waals surface area contributed by atoms with Crippen molar-refractivity contribution in [3.63, 3.8) is 0 Å². The first-order valence-electron chi connectivity index (χ1n) is 22.8. The van der Waals surface area contributed by atoms with Gasteiger partial charge in [-0.2, -0.15) is 11.5 Å². The van der Waals surface area contributed by atoms with Crippen molar-refractivity contribution >= 4 is 48.9 Å². The molecule has 25 heteroatoms. The Balaban J connectivity index is 0.00000782. The first-order valence-corrected chi connectivity index (χ1v) is 24.7. The van der Waals surface area contributed by atoms with E-state index < -0.39 is 92.5 Å². The van der Waals surface area contributed by atoms with Gasteiger partial charge >= 0.3 is 22.4 Å². The van der Waals surface area contributed by atoms with Crippen molar-refractivity contribution in [1.29, 1.82) is 0 Å². The zero-order chi connectivity index (χ0) is 50.4. The zero-order valence-electron chi connectivity index (χ0n) is 38.1. The van der Waals surface area contributed by atoms with E-state index in [9.17, 15) is 60.3 Å². The van der Waals surface area contributed by atoms with Gasteiger partial charge in [0, 0.05) is 57.9 Å². The third-order valence-electron chi connectivity index (χ3n) is 11.1. The van der Waals surface area contributed by atoms with Crippen LogP contribution in [0.3, 0.4) is 0 Å². The molecule has 0 aromatic heterocycles. The van der Waals surface area contributed by atoms with E-state index in [-0.39, 0.29) is 63.1 Å². The topological polar surface area (TPSA) is 342 Å².